The first-order valence-corrected chi connectivity index (χ1v) is 4.15. The molecule has 0 fully saturated rings. The zero-order valence-corrected chi connectivity index (χ0v) is 8.01. The van der Waals surface area contributed by atoms with Gasteiger partial charge in [0.05, 0.1) is 0 Å². The molecule has 70 valence electrons. The fourth-order valence-electron chi connectivity index (χ4n) is 1.08. The van der Waals surface area contributed by atoms with Crippen LogP contribution >= 0.6 is 11.6 Å². The largest absolute Gasteiger partial charge is 0.506 e. The van der Waals surface area contributed by atoms with Crippen molar-refractivity contribution in [3.63, 3.8) is 0 Å². The first kappa shape index (κ1) is 9.86. The van der Waals surface area contributed by atoms with E-state index in [2.05, 4.69) is 6.58 Å². The summed E-state index contributed by atoms with van der Waals surface area (Å²) in [6.45, 7) is 5.64. The topological polar surface area (TPSA) is 42.2 Å². The van der Waals surface area contributed by atoms with Crippen molar-refractivity contribution in [2.75, 3.05) is 0 Å². The maximum atomic E-state index is 11.4. The summed E-state index contributed by atoms with van der Waals surface area (Å²) in [6.07, 6.45) is 1.60. The van der Waals surface area contributed by atoms with E-state index in [4.69, 9.17) is 11.6 Å². The molecule has 0 aliphatic heterocycles. The number of aromatic nitrogens is 1. The zero-order chi connectivity index (χ0) is 10.0. The number of rotatable bonds is 2. The van der Waals surface area contributed by atoms with Crippen molar-refractivity contribution in [3.8, 4) is 5.75 Å². The average Bonchev–Trinajstić information content (AvgIpc) is 2.09. The van der Waals surface area contributed by atoms with Crippen LogP contribution in [0.4, 0.5) is 0 Å². The average molecular weight is 200 g/mol. The third kappa shape index (κ3) is 1.75. The van der Waals surface area contributed by atoms with Gasteiger partial charge in [-0.3, -0.25) is 4.79 Å². The molecule has 0 atom stereocenters. The molecule has 1 N–H and O–H groups in total. The Hall–Kier alpha value is -1.22. The highest BCUT2D eigenvalue weighted by atomic mass is 35.5. The Morgan fingerprint density at radius 1 is 1.77 bits per heavy atom. The molecule has 0 radical (unpaired) electrons. The van der Waals surface area contributed by atoms with E-state index in [0.29, 0.717) is 12.2 Å². The molecule has 0 bridgehead atoms. The van der Waals surface area contributed by atoms with Crippen LogP contribution < -0.4 is 5.56 Å². The second-order valence-electron chi connectivity index (χ2n) is 2.69. The van der Waals surface area contributed by atoms with Crippen molar-refractivity contribution in [1.29, 1.82) is 0 Å². The summed E-state index contributed by atoms with van der Waals surface area (Å²) in [7, 11) is 0. The monoisotopic (exact) mass is 199 g/mol. The van der Waals surface area contributed by atoms with Gasteiger partial charge in [0.1, 0.15) is 10.8 Å². The van der Waals surface area contributed by atoms with Crippen LogP contribution in [0, 0.1) is 6.92 Å². The minimum atomic E-state index is -0.390. The first-order chi connectivity index (χ1) is 6.07. The van der Waals surface area contributed by atoms with Crippen LogP contribution in [0.5, 0.6) is 5.75 Å². The summed E-state index contributed by atoms with van der Waals surface area (Å²) in [5, 5.41) is 9.06. The minimum absolute atomic E-state index is 0.146. The van der Waals surface area contributed by atoms with Gasteiger partial charge < -0.3 is 9.67 Å². The van der Waals surface area contributed by atoms with E-state index in [0.717, 1.165) is 0 Å². The second-order valence-corrected chi connectivity index (χ2v) is 3.07. The molecule has 0 spiro atoms. The standard InChI is InChI=1S/C9H10ClNO2/c1-3-4-11-6(2)5-7(12)8(10)9(11)13/h3,5,12H,1,4H2,2H3. The Morgan fingerprint density at radius 3 is 2.92 bits per heavy atom. The molecule has 0 amide bonds. The quantitative estimate of drug-likeness (QED) is 0.737. The van der Waals surface area contributed by atoms with Gasteiger partial charge in [-0.2, -0.15) is 0 Å². The Bertz CT molecular complexity index is 395. The van der Waals surface area contributed by atoms with E-state index in [1.807, 2.05) is 0 Å². The Morgan fingerprint density at radius 2 is 2.38 bits per heavy atom. The van der Waals surface area contributed by atoms with Crippen LogP contribution in [0.25, 0.3) is 0 Å². The Labute approximate surface area is 80.9 Å². The van der Waals surface area contributed by atoms with Gasteiger partial charge in [-0.25, -0.2) is 0 Å². The lowest BCUT2D eigenvalue weighted by Gasteiger charge is -2.08. The van der Waals surface area contributed by atoms with Crippen LogP contribution in [0.2, 0.25) is 5.02 Å². The van der Waals surface area contributed by atoms with Gasteiger partial charge in [0.15, 0.2) is 0 Å². The highest BCUT2D eigenvalue weighted by molar-refractivity contribution is 6.31. The molecule has 0 unspecified atom stereocenters. The van der Waals surface area contributed by atoms with Gasteiger partial charge in [-0.15, -0.1) is 6.58 Å². The van der Waals surface area contributed by atoms with Gasteiger partial charge in [0.25, 0.3) is 5.56 Å². The van der Waals surface area contributed by atoms with E-state index in [-0.39, 0.29) is 16.3 Å². The van der Waals surface area contributed by atoms with Crippen molar-refractivity contribution in [1.82, 2.24) is 4.57 Å². The number of nitrogens with zero attached hydrogens (tertiary/aromatic N) is 1. The molecule has 0 aliphatic carbocycles. The third-order valence-electron chi connectivity index (χ3n) is 1.74. The van der Waals surface area contributed by atoms with Crippen LogP contribution in [-0.2, 0) is 6.54 Å². The SMILES string of the molecule is C=CCn1c(C)cc(O)c(Cl)c1=O. The molecule has 1 aromatic rings. The molecule has 3 nitrogen and oxygen atoms in total. The van der Waals surface area contributed by atoms with Crippen LogP contribution in [0.1, 0.15) is 5.69 Å². The van der Waals surface area contributed by atoms with Crippen LogP contribution in [-0.4, -0.2) is 9.67 Å². The molecule has 4 heteroatoms. The highest BCUT2D eigenvalue weighted by Crippen LogP contribution is 2.19. The normalized spacial score (nSPS) is 10.0. The van der Waals surface area contributed by atoms with Gasteiger partial charge in [0, 0.05) is 18.3 Å². The molecular formula is C9H10ClNO2. The second kappa shape index (κ2) is 3.66. The summed E-state index contributed by atoms with van der Waals surface area (Å²) >= 11 is 5.57. The Balaban J connectivity index is 3.43. The molecule has 1 rings (SSSR count). The molecule has 13 heavy (non-hydrogen) atoms. The van der Waals surface area contributed by atoms with Gasteiger partial charge in [-0.1, -0.05) is 17.7 Å². The van der Waals surface area contributed by atoms with Gasteiger partial charge in [-0.05, 0) is 6.92 Å². The number of allylic oxidation sites excluding steroid dienone is 1. The predicted octanol–water partition coefficient (Wildman–Crippen LogP) is 1.70. The fourth-order valence-corrected chi connectivity index (χ4v) is 1.24. The number of hydrogen-bond acceptors (Lipinski definition) is 2. The predicted molar refractivity (Wildman–Crippen MR) is 52.3 cm³/mol. The molecule has 0 saturated carbocycles. The maximum absolute atomic E-state index is 11.4. The lowest BCUT2D eigenvalue weighted by Crippen LogP contribution is -2.21. The van der Waals surface area contributed by atoms with Gasteiger partial charge >= 0.3 is 0 Å². The van der Waals surface area contributed by atoms with E-state index < -0.39 is 0 Å². The molecule has 0 aliphatic rings. The summed E-state index contributed by atoms with van der Waals surface area (Å²) in [6, 6.07) is 1.45. The fraction of sp³-hybridized carbons (Fsp3) is 0.222. The van der Waals surface area contributed by atoms with Crippen molar-refractivity contribution >= 4 is 11.6 Å². The van der Waals surface area contributed by atoms with Crippen molar-refractivity contribution in [3.05, 3.63) is 39.8 Å². The number of pyridine rings is 1. The number of aromatic hydroxyl groups is 1. The number of halogens is 1. The third-order valence-corrected chi connectivity index (χ3v) is 2.10. The lowest BCUT2D eigenvalue weighted by atomic mass is 10.3. The molecule has 0 saturated heterocycles. The lowest BCUT2D eigenvalue weighted by molar-refractivity contribution is 0.470. The summed E-state index contributed by atoms with van der Waals surface area (Å²) in [5.74, 6) is -0.176. The van der Waals surface area contributed by atoms with Crippen LogP contribution in [0.3, 0.4) is 0 Å². The van der Waals surface area contributed by atoms with Crippen LogP contribution in [0.15, 0.2) is 23.5 Å². The maximum Gasteiger partial charge on any atom is 0.273 e. The van der Waals surface area contributed by atoms with Crippen molar-refractivity contribution < 1.29 is 5.11 Å². The smallest absolute Gasteiger partial charge is 0.273 e. The van der Waals surface area contributed by atoms with E-state index >= 15 is 0 Å². The molecule has 1 aromatic heterocycles. The summed E-state index contributed by atoms with van der Waals surface area (Å²) in [5.41, 5.74) is 0.269. The van der Waals surface area contributed by atoms with E-state index in [9.17, 15) is 9.90 Å². The zero-order valence-electron chi connectivity index (χ0n) is 7.25. The van der Waals surface area contributed by atoms with Crippen molar-refractivity contribution in [2.24, 2.45) is 0 Å². The van der Waals surface area contributed by atoms with Crippen molar-refractivity contribution in [2.45, 2.75) is 13.5 Å². The van der Waals surface area contributed by atoms with Gasteiger partial charge in [0.2, 0.25) is 0 Å². The first-order valence-electron chi connectivity index (χ1n) is 3.77. The summed E-state index contributed by atoms with van der Waals surface area (Å²) in [4.78, 5) is 11.4. The molecule has 1 heterocycles. The molecular weight excluding hydrogens is 190 g/mol. The molecule has 0 aromatic carbocycles. The number of hydrogen-bond donors (Lipinski definition) is 1. The van der Waals surface area contributed by atoms with E-state index in [1.165, 1.54) is 10.6 Å². The minimum Gasteiger partial charge on any atom is -0.506 e. The number of aryl methyl sites for hydroxylation is 1. The summed E-state index contributed by atoms with van der Waals surface area (Å²) < 4.78 is 1.44. The van der Waals surface area contributed by atoms with E-state index in [1.54, 1.807) is 13.0 Å². The highest BCUT2D eigenvalue weighted by Gasteiger charge is 2.08. The Kier molecular flexibility index (Phi) is 2.78.